The van der Waals surface area contributed by atoms with Crippen LogP contribution < -0.4 is 5.32 Å². The molecule has 8 nitrogen and oxygen atoms in total. The predicted molar refractivity (Wildman–Crippen MR) is 103 cm³/mol. The lowest BCUT2D eigenvalue weighted by Gasteiger charge is -2.11. The van der Waals surface area contributed by atoms with E-state index in [1.54, 1.807) is 17.8 Å². The predicted octanol–water partition coefficient (Wildman–Crippen LogP) is 2.55. The Morgan fingerprint density at radius 1 is 1.07 bits per heavy atom. The number of aliphatic carboxylic acids is 1. The zero-order valence-corrected chi connectivity index (χ0v) is 15.2. The highest BCUT2D eigenvalue weighted by atomic mass is 32.2. The van der Waals surface area contributed by atoms with Crippen LogP contribution in [0.15, 0.2) is 64.6 Å². The minimum Gasteiger partial charge on any atom is -0.505 e. The van der Waals surface area contributed by atoms with Crippen LogP contribution in [-0.2, 0) is 4.79 Å². The van der Waals surface area contributed by atoms with Crippen LogP contribution in [0.1, 0.15) is 10.5 Å². The van der Waals surface area contributed by atoms with Gasteiger partial charge in [-0.15, -0.1) is 0 Å². The molecule has 3 N–H and O–H groups in total. The van der Waals surface area contributed by atoms with Crippen LogP contribution >= 0.6 is 11.8 Å². The van der Waals surface area contributed by atoms with Gasteiger partial charge < -0.3 is 15.5 Å². The summed E-state index contributed by atoms with van der Waals surface area (Å²) < 4.78 is 1.21. The maximum Gasteiger partial charge on any atom is 0.322 e. The van der Waals surface area contributed by atoms with Crippen LogP contribution in [-0.4, -0.2) is 43.2 Å². The summed E-state index contributed by atoms with van der Waals surface area (Å²) >= 11 is 1.56. The Hall–Kier alpha value is -3.59. The van der Waals surface area contributed by atoms with Gasteiger partial charge in [-0.25, -0.2) is 9.50 Å². The highest BCUT2D eigenvalue weighted by Crippen LogP contribution is 2.36. The summed E-state index contributed by atoms with van der Waals surface area (Å²) in [6.45, 7) is -0.570. The van der Waals surface area contributed by atoms with E-state index in [9.17, 15) is 14.7 Å². The van der Waals surface area contributed by atoms with Crippen molar-refractivity contribution in [2.45, 2.75) is 9.79 Å². The Morgan fingerprint density at radius 2 is 1.86 bits per heavy atom. The Bertz CT molecular complexity index is 1210. The summed E-state index contributed by atoms with van der Waals surface area (Å²) in [7, 11) is 0. The van der Waals surface area contributed by atoms with Crippen molar-refractivity contribution in [1.82, 2.24) is 19.9 Å². The molecule has 0 aliphatic carbocycles. The minimum atomic E-state index is -1.19. The van der Waals surface area contributed by atoms with Gasteiger partial charge in [-0.05, 0) is 30.3 Å². The fraction of sp³-hybridized carbons (Fsp3) is 0.0526. The number of carbonyl (C=O) groups excluding carboxylic acids is 1. The largest absolute Gasteiger partial charge is 0.505 e. The van der Waals surface area contributed by atoms with Gasteiger partial charge in [0.15, 0.2) is 17.1 Å². The molecule has 0 bridgehead atoms. The number of nitrogens with zero attached hydrogens (tertiary/aromatic N) is 3. The third-order valence-electron chi connectivity index (χ3n) is 4.07. The molecule has 0 spiro atoms. The molecule has 0 radical (unpaired) electrons. The minimum absolute atomic E-state index is 0.162. The van der Waals surface area contributed by atoms with Gasteiger partial charge in [-0.2, -0.15) is 5.10 Å². The van der Waals surface area contributed by atoms with Crippen molar-refractivity contribution in [1.29, 1.82) is 0 Å². The standard InChI is InChI=1S/C19H14N4O4S/c24-15(25)9-20-19(27)16-17(26)13-7-6-12(28-11-4-2-1-3-5-11)8-14(13)18-21-10-22-23(16)18/h1-8,10,26H,9H2,(H,20,27)(H,24,25). The molecule has 2 aromatic heterocycles. The van der Waals surface area contributed by atoms with E-state index in [0.29, 0.717) is 16.4 Å². The monoisotopic (exact) mass is 394 g/mol. The van der Waals surface area contributed by atoms with Gasteiger partial charge >= 0.3 is 5.97 Å². The molecule has 9 heteroatoms. The SMILES string of the molecule is O=C(O)CNC(=O)c1c(O)c2ccc(Sc3ccccc3)cc2c2ncnn12. The summed E-state index contributed by atoms with van der Waals surface area (Å²) in [6, 6.07) is 15.3. The van der Waals surface area contributed by atoms with Gasteiger partial charge in [-0.3, -0.25) is 9.59 Å². The number of nitrogens with one attached hydrogen (secondary N) is 1. The Labute approximate surface area is 162 Å². The quantitative estimate of drug-likeness (QED) is 0.476. The van der Waals surface area contributed by atoms with Crippen LogP contribution in [0, 0.1) is 0 Å². The summed E-state index contributed by atoms with van der Waals surface area (Å²) in [5, 5.41) is 26.8. The van der Waals surface area contributed by atoms with Gasteiger partial charge in [-0.1, -0.05) is 30.0 Å². The normalized spacial score (nSPS) is 11.0. The number of carboxylic acids is 1. The van der Waals surface area contributed by atoms with Crippen molar-refractivity contribution < 1.29 is 19.8 Å². The van der Waals surface area contributed by atoms with E-state index in [0.717, 1.165) is 9.79 Å². The number of benzene rings is 2. The first-order chi connectivity index (χ1) is 13.5. The van der Waals surface area contributed by atoms with Crippen molar-refractivity contribution in [2.24, 2.45) is 0 Å². The first-order valence-corrected chi connectivity index (χ1v) is 9.07. The van der Waals surface area contributed by atoms with Crippen molar-refractivity contribution in [3.05, 3.63) is 60.6 Å². The molecule has 4 rings (SSSR count). The van der Waals surface area contributed by atoms with E-state index < -0.39 is 18.4 Å². The molecule has 2 aromatic carbocycles. The lowest BCUT2D eigenvalue weighted by Crippen LogP contribution is -2.31. The molecular weight excluding hydrogens is 380 g/mol. The summed E-state index contributed by atoms with van der Waals surface area (Å²) in [5.41, 5.74) is 0.230. The van der Waals surface area contributed by atoms with Crippen LogP contribution in [0.25, 0.3) is 16.4 Å². The fourth-order valence-electron chi connectivity index (χ4n) is 2.86. The number of rotatable bonds is 5. The van der Waals surface area contributed by atoms with Crippen LogP contribution in [0.3, 0.4) is 0 Å². The average molecular weight is 394 g/mol. The molecule has 4 aromatic rings. The van der Waals surface area contributed by atoms with Crippen molar-refractivity contribution in [3.63, 3.8) is 0 Å². The Balaban J connectivity index is 1.82. The van der Waals surface area contributed by atoms with Crippen LogP contribution in [0.5, 0.6) is 5.75 Å². The average Bonchev–Trinajstić information content (AvgIpc) is 3.17. The lowest BCUT2D eigenvalue weighted by molar-refractivity contribution is -0.135. The molecule has 0 saturated carbocycles. The number of pyridine rings is 1. The molecule has 0 saturated heterocycles. The first kappa shape index (κ1) is 17.8. The van der Waals surface area contributed by atoms with E-state index in [2.05, 4.69) is 15.4 Å². The van der Waals surface area contributed by atoms with Gasteiger partial charge in [0.05, 0.1) is 0 Å². The molecule has 1 amide bonds. The number of hydrogen-bond acceptors (Lipinski definition) is 6. The number of fused-ring (bicyclic) bond motifs is 3. The number of amides is 1. The van der Waals surface area contributed by atoms with E-state index in [1.807, 2.05) is 42.5 Å². The molecule has 0 aliphatic rings. The molecular formula is C19H14N4O4S. The fourth-order valence-corrected chi connectivity index (χ4v) is 3.74. The van der Waals surface area contributed by atoms with E-state index in [-0.39, 0.29) is 11.4 Å². The lowest BCUT2D eigenvalue weighted by atomic mass is 10.1. The van der Waals surface area contributed by atoms with Crippen molar-refractivity contribution >= 4 is 40.1 Å². The molecule has 0 atom stereocenters. The second-order valence-electron chi connectivity index (χ2n) is 5.89. The molecule has 0 unspecified atom stereocenters. The van der Waals surface area contributed by atoms with Gasteiger partial charge in [0, 0.05) is 20.6 Å². The van der Waals surface area contributed by atoms with Crippen LogP contribution in [0.2, 0.25) is 0 Å². The van der Waals surface area contributed by atoms with Crippen LogP contribution in [0.4, 0.5) is 0 Å². The van der Waals surface area contributed by atoms with Crippen molar-refractivity contribution in [3.8, 4) is 5.75 Å². The third kappa shape index (κ3) is 3.23. The highest BCUT2D eigenvalue weighted by Gasteiger charge is 2.22. The van der Waals surface area contributed by atoms with E-state index >= 15 is 0 Å². The summed E-state index contributed by atoms with van der Waals surface area (Å²) in [5.74, 6) is -2.22. The number of hydrogen-bond donors (Lipinski definition) is 3. The van der Waals surface area contributed by atoms with Gasteiger partial charge in [0.1, 0.15) is 12.9 Å². The zero-order valence-electron chi connectivity index (χ0n) is 14.4. The number of carboxylic acid groups (broad SMARTS) is 1. The van der Waals surface area contributed by atoms with Crippen molar-refractivity contribution in [2.75, 3.05) is 6.54 Å². The topological polar surface area (TPSA) is 117 Å². The number of aromatic nitrogens is 3. The molecule has 0 aliphatic heterocycles. The van der Waals surface area contributed by atoms with Gasteiger partial charge in [0.25, 0.3) is 5.91 Å². The molecule has 28 heavy (non-hydrogen) atoms. The highest BCUT2D eigenvalue weighted by molar-refractivity contribution is 7.99. The second-order valence-corrected chi connectivity index (χ2v) is 7.04. The van der Waals surface area contributed by atoms with Gasteiger partial charge in [0.2, 0.25) is 0 Å². The smallest absolute Gasteiger partial charge is 0.322 e. The van der Waals surface area contributed by atoms with E-state index in [1.165, 1.54) is 10.8 Å². The third-order valence-corrected chi connectivity index (χ3v) is 5.06. The number of aromatic hydroxyl groups is 1. The summed E-state index contributed by atoms with van der Waals surface area (Å²) in [4.78, 5) is 29.3. The first-order valence-electron chi connectivity index (χ1n) is 8.26. The Morgan fingerprint density at radius 3 is 2.61 bits per heavy atom. The maximum atomic E-state index is 12.4. The molecule has 0 fully saturated rings. The summed E-state index contributed by atoms with van der Waals surface area (Å²) in [6.07, 6.45) is 1.28. The molecule has 2 heterocycles. The second kappa shape index (κ2) is 7.20. The number of carbonyl (C=O) groups is 2. The molecule has 140 valence electrons. The maximum absolute atomic E-state index is 12.4. The van der Waals surface area contributed by atoms with E-state index in [4.69, 9.17) is 5.11 Å². The zero-order chi connectivity index (χ0) is 19.7. The Kier molecular flexibility index (Phi) is 4.58.